The van der Waals surface area contributed by atoms with E-state index in [1.807, 2.05) is 49.4 Å². The second kappa shape index (κ2) is 28.7. The molecule has 6 heteroatoms. The van der Waals surface area contributed by atoms with E-state index in [9.17, 15) is 4.79 Å². The molecule has 0 aliphatic carbocycles. The average Bonchev–Trinajstić information content (AvgIpc) is 1.50. The van der Waals surface area contributed by atoms with Crippen LogP contribution in [0.4, 0.5) is 5.69 Å². The van der Waals surface area contributed by atoms with Crippen LogP contribution in [0.2, 0.25) is 0 Å². The number of hydrogen-bond acceptors (Lipinski definition) is 3. The SMILES string of the molecule is C/C=C/C(C)=C/C=C/C(C)=C/C=C/C=C(C)/C=C/C=C(C)/C=C/c1ccc(C(=O)Nc2ccc(/C3=C4\C=CC(N4)/C(c4c(C)c(C)c(C)c(C)c4C)=c4/cc/c([nH]4)=C(\c4c(C)c(C)c(C)c(C)c4C)C4=N/C(=C(/c5c(C)c(C)c(C)c(C)c5C)c5ccc3[nH]5)C=C4)cc2)cc1. The normalized spacial score (nSPS) is 18.4. The smallest absolute Gasteiger partial charge is 0.255 e. The number of rotatable bonds is 15. The molecule has 6 nitrogen and oxygen atoms in total. The molecule has 7 aromatic rings. The van der Waals surface area contributed by atoms with Crippen LogP contribution in [-0.2, 0) is 0 Å². The summed E-state index contributed by atoms with van der Waals surface area (Å²) in [6.45, 7) is 44.4. The number of aromatic amines is 2. The van der Waals surface area contributed by atoms with Crippen LogP contribution >= 0.6 is 0 Å². The molecule has 3 aliphatic heterocycles. The van der Waals surface area contributed by atoms with Crippen LogP contribution in [0.1, 0.15) is 168 Å². The monoisotopic (exact) mass is 1250 g/mol. The Morgan fingerprint density at radius 2 is 0.905 bits per heavy atom. The number of fused-ring (bicyclic) bond motifs is 7. The summed E-state index contributed by atoms with van der Waals surface area (Å²) < 4.78 is 0. The lowest BCUT2D eigenvalue weighted by Crippen LogP contribution is -2.31. The van der Waals surface area contributed by atoms with Gasteiger partial charge in [-0.1, -0.05) is 138 Å². The van der Waals surface area contributed by atoms with Gasteiger partial charge in [-0.3, -0.25) is 4.79 Å². The Morgan fingerprint density at radius 3 is 1.44 bits per heavy atom. The zero-order valence-electron chi connectivity index (χ0n) is 59.8. The predicted molar refractivity (Wildman–Crippen MR) is 408 cm³/mol. The number of anilines is 1. The summed E-state index contributed by atoms with van der Waals surface area (Å²) in [7, 11) is 0. The van der Waals surface area contributed by atoms with Crippen LogP contribution in [-0.4, -0.2) is 27.6 Å². The first-order valence-electron chi connectivity index (χ1n) is 33.5. The molecule has 0 saturated heterocycles. The van der Waals surface area contributed by atoms with Crippen LogP contribution in [0.15, 0.2) is 215 Å². The molecule has 0 saturated carbocycles. The van der Waals surface area contributed by atoms with E-state index < -0.39 is 0 Å². The number of hydrogen-bond donors (Lipinski definition) is 4. The van der Waals surface area contributed by atoms with Gasteiger partial charge in [0, 0.05) is 61.3 Å². The van der Waals surface area contributed by atoms with Crippen molar-refractivity contribution < 1.29 is 4.79 Å². The third kappa shape index (κ3) is 14.0. The van der Waals surface area contributed by atoms with Crippen LogP contribution < -0.4 is 21.3 Å². The third-order valence-electron chi connectivity index (χ3n) is 20.6. The van der Waals surface area contributed by atoms with Crippen LogP contribution in [0.3, 0.4) is 0 Å². The van der Waals surface area contributed by atoms with E-state index in [1.54, 1.807) is 0 Å². The van der Waals surface area contributed by atoms with Crippen molar-refractivity contribution in [3.05, 3.63) is 349 Å². The van der Waals surface area contributed by atoms with Gasteiger partial charge in [-0.2, -0.15) is 0 Å². The summed E-state index contributed by atoms with van der Waals surface area (Å²) in [5.41, 5.74) is 40.0. The van der Waals surface area contributed by atoms with Crippen molar-refractivity contribution in [3.8, 4) is 0 Å². The minimum absolute atomic E-state index is 0.177. The summed E-state index contributed by atoms with van der Waals surface area (Å²) in [5, 5.41) is 9.40. The van der Waals surface area contributed by atoms with E-state index in [0.29, 0.717) is 11.3 Å². The van der Waals surface area contributed by atoms with Crippen molar-refractivity contribution >= 4 is 45.7 Å². The molecule has 1 atom stereocenters. The molecule has 1 amide bonds. The summed E-state index contributed by atoms with van der Waals surface area (Å²) >= 11 is 0. The van der Waals surface area contributed by atoms with Gasteiger partial charge in [0.25, 0.3) is 5.91 Å². The molecule has 0 fully saturated rings. The fourth-order valence-electron chi connectivity index (χ4n) is 13.7. The van der Waals surface area contributed by atoms with Gasteiger partial charge in [0.15, 0.2) is 0 Å². The largest absolute Gasteiger partial charge is 0.374 e. The van der Waals surface area contributed by atoms with Crippen molar-refractivity contribution in [2.75, 3.05) is 5.32 Å². The topological polar surface area (TPSA) is 85.1 Å². The zero-order chi connectivity index (χ0) is 68.3. The second-order valence-corrected chi connectivity index (χ2v) is 26.5. The van der Waals surface area contributed by atoms with Crippen molar-refractivity contribution in [1.82, 2.24) is 15.3 Å². The highest BCUT2D eigenvalue weighted by Crippen LogP contribution is 2.42. The number of aliphatic imine (C=N–C) groups is 1. The quantitative estimate of drug-likeness (QED) is 0.0771. The molecule has 0 radical (unpaired) electrons. The van der Waals surface area contributed by atoms with E-state index in [1.165, 1.54) is 117 Å². The minimum atomic E-state index is -0.209. The van der Waals surface area contributed by atoms with E-state index in [-0.39, 0.29) is 11.9 Å². The van der Waals surface area contributed by atoms with Crippen molar-refractivity contribution in [2.45, 2.75) is 145 Å². The van der Waals surface area contributed by atoms with Gasteiger partial charge in [-0.15, -0.1) is 0 Å². The van der Waals surface area contributed by atoms with E-state index in [0.717, 1.165) is 78.2 Å². The summed E-state index contributed by atoms with van der Waals surface area (Å²) in [4.78, 5) is 28.0. The Labute approximate surface area is 566 Å². The number of benzene rings is 5. The van der Waals surface area contributed by atoms with Crippen molar-refractivity contribution in [1.29, 1.82) is 0 Å². The highest BCUT2D eigenvalue weighted by Gasteiger charge is 2.30. The van der Waals surface area contributed by atoms with Gasteiger partial charge in [0.05, 0.1) is 17.5 Å². The molecule has 482 valence electrons. The molecule has 0 spiro atoms. The van der Waals surface area contributed by atoms with Crippen LogP contribution in [0, 0.1) is 104 Å². The Hall–Kier alpha value is -10.0. The molecule has 1 unspecified atom stereocenters. The Kier molecular flexibility index (Phi) is 20.5. The molecule has 5 aromatic carbocycles. The first-order valence-corrected chi connectivity index (χ1v) is 33.5. The van der Waals surface area contributed by atoms with Crippen molar-refractivity contribution in [3.63, 3.8) is 0 Å². The van der Waals surface area contributed by atoms with Crippen molar-refractivity contribution in [2.24, 2.45) is 4.99 Å². The summed E-state index contributed by atoms with van der Waals surface area (Å²) in [6, 6.07) is 24.8. The molecular formula is C89H95N5O. The van der Waals surface area contributed by atoms with E-state index >= 15 is 0 Å². The second-order valence-electron chi connectivity index (χ2n) is 26.5. The predicted octanol–water partition coefficient (Wildman–Crippen LogP) is 20.4. The highest BCUT2D eigenvalue weighted by molar-refractivity contribution is 6.31. The Morgan fingerprint density at radius 1 is 0.442 bits per heavy atom. The first-order chi connectivity index (χ1) is 45.4. The molecule has 4 N–H and O–H groups in total. The number of amides is 1. The molecule has 8 bridgehead atoms. The van der Waals surface area contributed by atoms with Gasteiger partial charge in [0.2, 0.25) is 0 Å². The Bertz CT molecular complexity index is 4790. The highest BCUT2D eigenvalue weighted by atomic mass is 16.1. The number of allylic oxidation sites excluding steroid dienone is 20. The molecular weight excluding hydrogens is 1160 g/mol. The lowest BCUT2D eigenvalue weighted by Gasteiger charge is -2.25. The maximum Gasteiger partial charge on any atom is 0.255 e. The molecule has 10 rings (SSSR count). The summed E-state index contributed by atoms with van der Waals surface area (Å²) in [5.74, 6) is -0.177. The van der Waals surface area contributed by atoms with E-state index in [4.69, 9.17) is 4.99 Å². The lowest BCUT2D eigenvalue weighted by atomic mass is 9.84. The maximum absolute atomic E-state index is 14.0. The zero-order valence-corrected chi connectivity index (χ0v) is 59.8. The van der Waals surface area contributed by atoms with Gasteiger partial charge in [-0.25, -0.2) is 4.99 Å². The minimum Gasteiger partial charge on any atom is -0.374 e. The van der Waals surface area contributed by atoms with Crippen LogP contribution in [0.5, 0.6) is 0 Å². The van der Waals surface area contributed by atoms with Gasteiger partial charge >= 0.3 is 0 Å². The number of aromatic nitrogens is 2. The maximum atomic E-state index is 14.0. The van der Waals surface area contributed by atoms with Gasteiger partial charge in [-0.05, 0) is 317 Å². The standard InChI is InChI=1S/C89H95N5O/c1-21-26-51(2)29-24-30-52(3)27-22-23-28-53(4)31-25-32-54(5)33-34-70-35-37-72(38-36-70)89(95)90-73-41-39-71(40-42-73)85-74-43-45-76(91-74)86(82-64(15)58(9)55(6)59(10)65(82)16)78-47-49-80(93-78)88(84-68(19)62(13)57(8)63(14)69(84)20)81-50-48-79(94-81)87(77-46-44-75(85)92-77)83-66(17)60(11)56(7)61(12)67(83)18/h21-50,76,91-93H,1-20H3,(H,90,95)/b23-22+,26-21+,30-24+,31-25+,34-33+,51-29+,52-27+,53-28+,54-32+,85-74-,86-78+,87-79+,88-80+. The lowest BCUT2D eigenvalue weighted by molar-refractivity contribution is 0.102. The molecule has 5 heterocycles. The Balaban J connectivity index is 1.01. The van der Waals surface area contributed by atoms with Gasteiger partial charge < -0.3 is 20.6 Å². The number of nitrogens with one attached hydrogen (secondary N) is 4. The number of carbonyl (C=O) groups excluding carboxylic acids is 1. The number of carbonyl (C=O) groups is 1. The van der Waals surface area contributed by atoms with Gasteiger partial charge in [0.1, 0.15) is 0 Å². The number of H-pyrrole nitrogens is 2. The van der Waals surface area contributed by atoms with Crippen LogP contribution in [0.25, 0.3) is 28.4 Å². The first kappa shape index (κ1) is 67.8. The van der Waals surface area contributed by atoms with E-state index in [2.05, 4.69) is 292 Å². The fourth-order valence-corrected chi connectivity index (χ4v) is 13.7. The molecule has 95 heavy (non-hydrogen) atoms. The average molecular weight is 1250 g/mol. The molecule has 2 aromatic heterocycles. The summed E-state index contributed by atoms with van der Waals surface area (Å²) in [6.07, 6.45) is 38.3. The number of nitrogens with zero attached hydrogens (tertiary/aromatic N) is 1. The fraction of sp³-hybridized carbons (Fsp3) is 0.236. The third-order valence-corrected chi connectivity index (χ3v) is 20.6. The molecule has 3 aliphatic rings.